The number of rotatable bonds is 4. The zero-order valence-corrected chi connectivity index (χ0v) is 13.5. The molecule has 0 unspecified atom stereocenters. The molecule has 1 heterocycles. The minimum atomic E-state index is -0.248. The third kappa shape index (κ3) is 3.10. The second-order valence-electron chi connectivity index (χ2n) is 4.90. The summed E-state index contributed by atoms with van der Waals surface area (Å²) in [4.78, 5) is 17.3. The molecule has 0 atom stereocenters. The van der Waals surface area contributed by atoms with Crippen LogP contribution in [0.4, 0.5) is 0 Å². The molecule has 0 aliphatic heterocycles. The Morgan fingerprint density at radius 2 is 2.09 bits per heavy atom. The normalized spacial score (nSPS) is 11.6. The summed E-state index contributed by atoms with van der Waals surface area (Å²) in [5, 5.41) is 0. The highest BCUT2D eigenvalue weighted by atomic mass is 32.1. The summed E-state index contributed by atoms with van der Waals surface area (Å²) in [5.74, 6) is 0.535. The fraction of sp³-hybridized carbons (Fsp3) is 0.111. The fourth-order valence-corrected chi connectivity index (χ4v) is 3.37. The average Bonchev–Trinajstić information content (AvgIpc) is 2.92. The second kappa shape index (κ2) is 6.62. The molecule has 23 heavy (non-hydrogen) atoms. The topological polar surface area (TPSA) is 43.6 Å². The van der Waals surface area contributed by atoms with Gasteiger partial charge in [0.1, 0.15) is 5.75 Å². The summed E-state index contributed by atoms with van der Waals surface area (Å²) in [7, 11) is 1.64. The molecule has 0 saturated carbocycles. The van der Waals surface area contributed by atoms with E-state index < -0.39 is 0 Å². The van der Waals surface area contributed by atoms with Gasteiger partial charge in [0.25, 0.3) is 5.91 Å². The first kappa shape index (κ1) is 15.2. The molecule has 4 nitrogen and oxygen atoms in total. The molecular weight excluding hydrogens is 308 g/mol. The highest BCUT2D eigenvalue weighted by Crippen LogP contribution is 2.23. The van der Waals surface area contributed by atoms with Gasteiger partial charge < -0.3 is 9.30 Å². The van der Waals surface area contributed by atoms with E-state index in [1.807, 2.05) is 41.0 Å². The Bertz CT molecular complexity index is 923. The summed E-state index contributed by atoms with van der Waals surface area (Å²) in [6, 6.07) is 14.9. The molecule has 0 aliphatic carbocycles. The van der Waals surface area contributed by atoms with E-state index in [2.05, 4.69) is 11.6 Å². The van der Waals surface area contributed by atoms with E-state index in [-0.39, 0.29) is 5.91 Å². The maximum atomic E-state index is 12.3. The number of hydrogen-bond donors (Lipinski definition) is 0. The molecule has 0 N–H and O–H groups in total. The van der Waals surface area contributed by atoms with Crippen molar-refractivity contribution in [3.63, 3.8) is 0 Å². The number of fused-ring (bicyclic) bond motifs is 1. The van der Waals surface area contributed by atoms with E-state index in [4.69, 9.17) is 4.74 Å². The number of thiazole rings is 1. The number of ether oxygens (including phenoxy) is 1. The minimum Gasteiger partial charge on any atom is -0.497 e. The molecular formula is C18H16N2O2S. The van der Waals surface area contributed by atoms with Crippen LogP contribution in [0, 0.1) is 0 Å². The predicted octanol–water partition coefficient (Wildman–Crippen LogP) is 3.64. The summed E-state index contributed by atoms with van der Waals surface area (Å²) in [6.07, 6.45) is 1.79. The molecule has 0 saturated heterocycles. The van der Waals surface area contributed by atoms with Crippen LogP contribution in [0.5, 0.6) is 5.75 Å². The van der Waals surface area contributed by atoms with Crippen molar-refractivity contribution in [1.29, 1.82) is 0 Å². The van der Waals surface area contributed by atoms with E-state index in [1.54, 1.807) is 25.3 Å². The number of nitrogens with zero attached hydrogens (tertiary/aromatic N) is 2. The third-order valence-electron chi connectivity index (χ3n) is 3.42. The number of allylic oxidation sites excluding steroid dienone is 1. The maximum Gasteiger partial charge on any atom is 0.279 e. The van der Waals surface area contributed by atoms with Crippen molar-refractivity contribution in [2.45, 2.75) is 6.54 Å². The van der Waals surface area contributed by atoms with Crippen molar-refractivity contribution < 1.29 is 9.53 Å². The van der Waals surface area contributed by atoms with Gasteiger partial charge in [0.2, 0.25) is 0 Å². The molecule has 1 aromatic heterocycles. The Kier molecular flexibility index (Phi) is 4.39. The molecule has 1 amide bonds. The van der Waals surface area contributed by atoms with Crippen LogP contribution in [-0.4, -0.2) is 17.6 Å². The number of amides is 1. The number of methoxy groups -OCH3 is 1. The van der Waals surface area contributed by atoms with Gasteiger partial charge in [0.05, 0.1) is 17.3 Å². The van der Waals surface area contributed by atoms with Crippen LogP contribution >= 0.6 is 11.3 Å². The van der Waals surface area contributed by atoms with Crippen LogP contribution in [-0.2, 0) is 6.54 Å². The molecule has 3 aromatic rings. The predicted molar refractivity (Wildman–Crippen MR) is 92.9 cm³/mol. The van der Waals surface area contributed by atoms with Gasteiger partial charge in [0, 0.05) is 12.1 Å². The van der Waals surface area contributed by atoms with E-state index in [0.717, 1.165) is 16.0 Å². The van der Waals surface area contributed by atoms with Crippen LogP contribution in [0.2, 0.25) is 0 Å². The molecule has 3 rings (SSSR count). The molecule has 0 spiro atoms. The van der Waals surface area contributed by atoms with E-state index in [9.17, 15) is 4.79 Å². The largest absolute Gasteiger partial charge is 0.497 e. The number of benzene rings is 2. The van der Waals surface area contributed by atoms with Gasteiger partial charge in [-0.1, -0.05) is 35.6 Å². The summed E-state index contributed by atoms with van der Waals surface area (Å²) < 4.78 is 8.26. The van der Waals surface area contributed by atoms with Crippen molar-refractivity contribution in [2.75, 3.05) is 7.11 Å². The van der Waals surface area contributed by atoms with Crippen molar-refractivity contribution in [2.24, 2.45) is 4.99 Å². The van der Waals surface area contributed by atoms with Gasteiger partial charge in [0.15, 0.2) is 4.80 Å². The zero-order chi connectivity index (χ0) is 16.2. The maximum absolute atomic E-state index is 12.3. The first-order chi connectivity index (χ1) is 11.2. The van der Waals surface area contributed by atoms with Crippen LogP contribution in [0.25, 0.3) is 10.2 Å². The zero-order valence-electron chi connectivity index (χ0n) is 12.7. The second-order valence-corrected chi connectivity index (χ2v) is 5.91. The van der Waals surface area contributed by atoms with Crippen LogP contribution in [0.1, 0.15) is 10.4 Å². The van der Waals surface area contributed by atoms with Gasteiger partial charge in [-0.25, -0.2) is 0 Å². The highest BCUT2D eigenvalue weighted by Gasteiger charge is 2.09. The first-order valence-electron chi connectivity index (χ1n) is 7.15. The third-order valence-corrected chi connectivity index (χ3v) is 4.46. The quantitative estimate of drug-likeness (QED) is 0.688. The minimum absolute atomic E-state index is 0.248. The molecule has 116 valence electrons. The van der Waals surface area contributed by atoms with Gasteiger partial charge in [-0.3, -0.25) is 4.79 Å². The van der Waals surface area contributed by atoms with Crippen molar-refractivity contribution in [3.05, 3.63) is 71.6 Å². The Morgan fingerprint density at radius 1 is 1.30 bits per heavy atom. The molecule has 2 aromatic carbocycles. The number of hydrogen-bond acceptors (Lipinski definition) is 3. The highest BCUT2D eigenvalue weighted by molar-refractivity contribution is 7.16. The number of carbonyl (C=O) groups is 1. The van der Waals surface area contributed by atoms with Gasteiger partial charge in [-0.05, 0) is 30.3 Å². The van der Waals surface area contributed by atoms with Crippen molar-refractivity contribution in [3.8, 4) is 5.75 Å². The fourth-order valence-electron chi connectivity index (χ4n) is 2.30. The van der Waals surface area contributed by atoms with Crippen LogP contribution < -0.4 is 9.54 Å². The lowest BCUT2D eigenvalue weighted by Crippen LogP contribution is -2.16. The lowest BCUT2D eigenvalue weighted by atomic mass is 10.2. The Balaban J connectivity index is 2.15. The van der Waals surface area contributed by atoms with E-state index in [1.165, 1.54) is 11.3 Å². The van der Waals surface area contributed by atoms with E-state index in [0.29, 0.717) is 16.9 Å². The monoisotopic (exact) mass is 324 g/mol. The number of aromatic nitrogens is 1. The molecule has 0 fully saturated rings. The molecule has 0 bridgehead atoms. The first-order valence-corrected chi connectivity index (χ1v) is 7.97. The standard InChI is InChI=1S/C18H16N2O2S/c1-3-11-20-15-10-9-14(22-2)12-16(15)23-18(20)19-17(21)13-7-5-4-6-8-13/h3-10,12H,1,11H2,2H3. The smallest absolute Gasteiger partial charge is 0.279 e. The van der Waals surface area contributed by atoms with Crippen LogP contribution in [0.3, 0.4) is 0 Å². The van der Waals surface area contributed by atoms with Gasteiger partial charge >= 0.3 is 0 Å². The molecule has 5 heteroatoms. The molecule has 0 aliphatic rings. The SMILES string of the molecule is C=CCn1c(=NC(=O)c2ccccc2)sc2cc(OC)ccc21. The summed E-state index contributed by atoms with van der Waals surface area (Å²) >= 11 is 1.46. The van der Waals surface area contributed by atoms with Gasteiger partial charge in [-0.15, -0.1) is 6.58 Å². The van der Waals surface area contributed by atoms with Crippen LogP contribution in [0.15, 0.2) is 66.2 Å². The molecule has 0 radical (unpaired) electrons. The lowest BCUT2D eigenvalue weighted by Gasteiger charge is -2.02. The Morgan fingerprint density at radius 3 is 2.78 bits per heavy atom. The summed E-state index contributed by atoms with van der Waals surface area (Å²) in [6.45, 7) is 4.38. The Hall–Kier alpha value is -2.66. The Labute approximate surface area is 138 Å². The average molecular weight is 324 g/mol. The number of carbonyl (C=O) groups excluding carboxylic acids is 1. The van der Waals surface area contributed by atoms with Crippen molar-refractivity contribution in [1.82, 2.24) is 4.57 Å². The summed E-state index contributed by atoms with van der Waals surface area (Å²) in [5.41, 5.74) is 1.59. The van der Waals surface area contributed by atoms with Crippen molar-refractivity contribution >= 4 is 27.5 Å². The lowest BCUT2D eigenvalue weighted by molar-refractivity contribution is 0.0998. The van der Waals surface area contributed by atoms with E-state index >= 15 is 0 Å². The van der Waals surface area contributed by atoms with Gasteiger partial charge in [-0.2, -0.15) is 4.99 Å².